The highest BCUT2D eigenvalue weighted by Gasteiger charge is 2.28. The van der Waals surface area contributed by atoms with E-state index in [-0.39, 0.29) is 5.92 Å². The quantitative estimate of drug-likeness (QED) is 0.804. The number of carbonyl (C=O) groups is 1. The van der Waals surface area contributed by atoms with Crippen LogP contribution in [0.15, 0.2) is 24.4 Å². The van der Waals surface area contributed by atoms with Gasteiger partial charge in [0, 0.05) is 30.3 Å². The zero-order valence-electron chi connectivity index (χ0n) is 8.94. The second-order valence-corrected chi connectivity index (χ2v) is 4.10. The van der Waals surface area contributed by atoms with Crippen LogP contribution in [0.1, 0.15) is 19.0 Å². The summed E-state index contributed by atoms with van der Waals surface area (Å²) in [5, 5.41) is 3.29. The van der Waals surface area contributed by atoms with Crippen LogP contribution in [-0.2, 0) is 11.2 Å². The highest BCUT2D eigenvalue weighted by atomic mass is 16.1. The number of carbonyl (C=O) groups excluding carboxylic acids is 1. The molecule has 80 valence electrons. The summed E-state index contributed by atoms with van der Waals surface area (Å²) in [7, 11) is 0. The lowest BCUT2D eigenvalue weighted by atomic mass is 9.94. The fourth-order valence-corrected chi connectivity index (χ4v) is 2.11. The maximum atomic E-state index is 11.9. The summed E-state index contributed by atoms with van der Waals surface area (Å²) in [4.78, 5) is 16.1. The van der Waals surface area contributed by atoms with E-state index < -0.39 is 0 Å². The van der Waals surface area contributed by atoms with Gasteiger partial charge in [0.15, 0.2) is 0 Å². The maximum absolute atomic E-state index is 11.9. The molecule has 0 spiro atoms. The van der Waals surface area contributed by atoms with E-state index in [0.29, 0.717) is 18.2 Å². The van der Waals surface area contributed by atoms with Crippen molar-refractivity contribution in [3.63, 3.8) is 0 Å². The van der Waals surface area contributed by atoms with Gasteiger partial charge in [-0.05, 0) is 32.0 Å². The summed E-state index contributed by atoms with van der Waals surface area (Å²) >= 11 is 0. The molecule has 1 saturated heterocycles. The van der Waals surface area contributed by atoms with Gasteiger partial charge in [0.05, 0.1) is 0 Å². The van der Waals surface area contributed by atoms with Crippen molar-refractivity contribution < 1.29 is 4.79 Å². The number of Topliss-reactive ketones (excluding diaryl/α,β-unsaturated/α-hetero) is 1. The van der Waals surface area contributed by atoms with E-state index in [4.69, 9.17) is 0 Å². The summed E-state index contributed by atoms with van der Waals surface area (Å²) in [6.45, 7) is 3.04. The summed E-state index contributed by atoms with van der Waals surface area (Å²) in [6, 6.07) is 6.02. The van der Waals surface area contributed by atoms with Gasteiger partial charge in [-0.2, -0.15) is 0 Å². The highest BCUT2D eigenvalue weighted by molar-refractivity contribution is 5.83. The molecule has 0 bridgehead atoms. The fourth-order valence-electron chi connectivity index (χ4n) is 2.11. The van der Waals surface area contributed by atoms with E-state index in [9.17, 15) is 4.79 Å². The van der Waals surface area contributed by atoms with Crippen LogP contribution in [-0.4, -0.2) is 23.4 Å². The second kappa shape index (κ2) is 4.53. The van der Waals surface area contributed by atoms with Crippen LogP contribution < -0.4 is 5.32 Å². The van der Waals surface area contributed by atoms with Gasteiger partial charge in [-0.25, -0.2) is 0 Å². The minimum atomic E-state index is 0.173. The minimum Gasteiger partial charge on any atom is -0.314 e. The van der Waals surface area contributed by atoms with Crippen molar-refractivity contribution >= 4 is 5.78 Å². The molecule has 1 aliphatic rings. The third-order valence-electron chi connectivity index (χ3n) is 3.02. The first-order chi connectivity index (χ1) is 7.27. The molecule has 0 amide bonds. The van der Waals surface area contributed by atoms with Crippen LogP contribution in [0.4, 0.5) is 0 Å². The molecule has 3 heteroatoms. The number of nitrogens with one attached hydrogen (secondary N) is 1. The maximum Gasteiger partial charge on any atom is 0.143 e. The van der Waals surface area contributed by atoms with E-state index in [1.54, 1.807) is 6.20 Å². The Bertz CT molecular complexity index is 337. The Morgan fingerprint density at radius 2 is 2.47 bits per heavy atom. The van der Waals surface area contributed by atoms with Crippen molar-refractivity contribution in [3.8, 4) is 0 Å². The van der Waals surface area contributed by atoms with Gasteiger partial charge >= 0.3 is 0 Å². The first-order valence-corrected chi connectivity index (χ1v) is 5.43. The van der Waals surface area contributed by atoms with Gasteiger partial charge in [-0.3, -0.25) is 9.78 Å². The molecule has 1 aromatic rings. The Morgan fingerprint density at radius 3 is 3.07 bits per heavy atom. The Balaban J connectivity index is 1.98. The fraction of sp³-hybridized carbons (Fsp3) is 0.500. The number of ketones is 1. The van der Waals surface area contributed by atoms with E-state index in [2.05, 4.69) is 17.2 Å². The summed E-state index contributed by atoms with van der Waals surface area (Å²) in [5.74, 6) is 0.484. The van der Waals surface area contributed by atoms with Crippen molar-refractivity contribution in [1.82, 2.24) is 10.3 Å². The second-order valence-electron chi connectivity index (χ2n) is 4.10. The zero-order valence-corrected chi connectivity index (χ0v) is 8.94. The lowest BCUT2D eigenvalue weighted by Gasteiger charge is -2.12. The molecule has 1 fully saturated rings. The van der Waals surface area contributed by atoms with Crippen LogP contribution >= 0.6 is 0 Å². The molecule has 2 rings (SSSR count). The van der Waals surface area contributed by atoms with Crippen LogP contribution in [0.2, 0.25) is 0 Å². The molecule has 3 nitrogen and oxygen atoms in total. The molecule has 2 heterocycles. The SMILES string of the molecule is CC1NCCC1C(=O)Cc1ccccn1. The number of hydrogen-bond acceptors (Lipinski definition) is 3. The Morgan fingerprint density at radius 1 is 1.60 bits per heavy atom. The molecule has 0 radical (unpaired) electrons. The molecule has 1 N–H and O–H groups in total. The summed E-state index contributed by atoms with van der Waals surface area (Å²) in [6.07, 6.45) is 3.17. The summed E-state index contributed by atoms with van der Waals surface area (Å²) < 4.78 is 0. The molecule has 0 saturated carbocycles. The highest BCUT2D eigenvalue weighted by Crippen LogP contribution is 2.17. The molecule has 1 aliphatic heterocycles. The van der Waals surface area contributed by atoms with Gasteiger partial charge in [0.2, 0.25) is 0 Å². The lowest BCUT2D eigenvalue weighted by Crippen LogP contribution is -2.29. The molecule has 15 heavy (non-hydrogen) atoms. The first-order valence-electron chi connectivity index (χ1n) is 5.43. The third-order valence-corrected chi connectivity index (χ3v) is 3.02. The van der Waals surface area contributed by atoms with Crippen molar-refractivity contribution in [3.05, 3.63) is 30.1 Å². The van der Waals surface area contributed by atoms with Crippen molar-refractivity contribution in [2.24, 2.45) is 5.92 Å². The van der Waals surface area contributed by atoms with E-state index >= 15 is 0 Å². The Kier molecular flexibility index (Phi) is 3.11. The number of pyridine rings is 1. The Labute approximate surface area is 89.9 Å². The largest absolute Gasteiger partial charge is 0.314 e. The Hall–Kier alpha value is -1.22. The van der Waals surface area contributed by atoms with Crippen LogP contribution in [0.25, 0.3) is 0 Å². The molecule has 1 aromatic heterocycles. The topological polar surface area (TPSA) is 42.0 Å². The van der Waals surface area contributed by atoms with Crippen LogP contribution in [0.5, 0.6) is 0 Å². The number of hydrogen-bond donors (Lipinski definition) is 1. The van der Waals surface area contributed by atoms with Gasteiger partial charge in [-0.1, -0.05) is 6.07 Å². The standard InChI is InChI=1S/C12H16N2O/c1-9-11(5-7-13-9)12(15)8-10-4-2-3-6-14-10/h2-4,6,9,11,13H,5,7-8H2,1H3. The van der Waals surface area contributed by atoms with Gasteiger partial charge in [0.1, 0.15) is 5.78 Å². The van der Waals surface area contributed by atoms with E-state index in [1.165, 1.54) is 0 Å². The molecule has 0 aliphatic carbocycles. The monoisotopic (exact) mass is 204 g/mol. The van der Waals surface area contributed by atoms with E-state index in [0.717, 1.165) is 18.7 Å². The molecule has 2 unspecified atom stereocenters. The molecular formula is C12H16N2O. The van der Waals surface area contributed by atoms with Crippen molar-refractivity contribution in [1.29, 1.82) is 0 Å². The predicted molar refractivity (Wildman–Crippen MR) is 58.5 cm³/mol. The minimum absolute atomic E-state index is 0.173. The van der Waals surface area contributed by atoms with Crippen LogP contribution in [0, 0.1) is 5.92 Å². The number of rotatable bonds is 3. The van der Waals surface area contributed by atoms with Gasteiger partial charge < -0.3 is 5.32 Å². The normalized spacial score (nSPS) is 25.4. The smallest absolute Gasteiger partial charge is 0.143 e. The summed E-state index contributed by atoms with van der Waals surface area (Å²) in [5.41, 5.74) is 0.876. The van der Waals surface area contributed by atoms with Gasteiger partial charge in [-0.15, -0.1) is 0 Å². The zero-order chi connectivity index (χ0) is 10.7. The number of nitrogens with zero attached hydrogens (tertiary/aromatic N) is 1. The molecule has 2 atom stereocenters. The average molecular weight is 204 g/mol. The lowest BCUT2D eigenvalue weighted by molar-refractivity contribution is -0.122. The van der Waals surface area contributed by atoms with Crippen LogP contribution in [0.3, 0.4) is 0 Å². The third kappa shape index (κ3) is 2.42. The first kappa shape index (κ1) is 10.3. The van der Waals surface area contributed by atoms with Gasteiger partial charge in [0.25, 0.3) is 0 Å². The van der Waals surface area contributed by atoms with Crippen molar-refractivity contribution in [2.45, 2.75) is 25.8 Å². The van der Waals surface area contributed by atoms with Crippen molar-refractivity contribution in [2.75, 3.05) is 6.54 Å². The molecule has 0 aromatic carbocycles. The average Bonchev–Trinajstić information content (AvgIpc) is 2.66. The predicted octanol–water partition coefficient (Wildman–Crippen LogP) is 1.19. The number of aromatic nitrogens is 1. The molecular weight excluding hydrogens is 188 g/mol. The van der Waals surface area contributed by atoms with E-state index in [1.807, 2.05) is 18.2 Å².